The largest absolute Gasteiger partial charge is 0.493 e. The van der Waals surface area contributed by atoms with Crippen LogP contribution in [-0.2, 0) is 14.3 Å². The Kier molecular flexibility index (Phi) is 7.87. The molecule has 0 saturated heterocycles. The molecule has 0 aromatic heterocycles. The van der Waals surface area contributed by atoms with Crippen LogP contribution < -0.4 is 26.0 Å². The molecule has 9 nitrogen and oxygen atoms in total. The Balaban J connectivity index is 1.94. The molecule has 1 unspecified atom stereocenters. The molecule has 0 spiro atoms. The van der Waals surface area contributed by atoms with Crippen LogP contribution in [0.3, 0.4) is 0 Å². The summed E-state index contributed by atoms with van der Waals surface area (Å²) >= 11 is 0. The maximum Gasteiger partial charge on any atom is 0.307 e. The second kappa shape index (κ2) is 10.4. The summed E-state index contributed by atoms with van der Waals surface area (Å²) in [6, 6.07) is 5.82. The average molecular weight is 377 g/mol. The van der Waals surface area contributed by atoms with E-state index >= 15 is 0 Å². The van der Waals surface area contributed by atoms with Gasteiger partial charge in [0.15, 0.2) is 5.96 Å². The van der Waals surface area contributed by atoms with Crippen LogP contribution in [0.15, 0.2) is 23.2 Å². The Bertz CT molecular complexity index is 692. The van der Waals surface area contributed by atoms with E-state index in [1.54, 1.807) is 14.1 Å². The molecule has 1 aromatic carbocycles. The summed E-state index contributed by atoms with van der Waals surface area (Å²) in [6.45, 7) is 0.996. The summed E-state index contributed by atoms with van der Waals surface area (Å²) in [5, 5.41) is 12.1. The molecular formula is C18H27N5O4. The number of methoxy groups -OCH3 is 1. The number of fused-ring (bicyclic) bond motifs is 1. The van der Waals surface area contributed by atoms with Gasteiger partial charge in [-0.1, -0.05) is 0 Å². The number of benzene rings is 1. The molecule has 1 heterocycles. The molecule has 1 amide bonds. The molecule has 27 heavy (non-hydrogen) atoms. The van der Waals surface area contributed by atoms with E-state index in [1.807, 2.05) is 18.2 Å². The van der Waals surface area contributed by atoms with Crippen molar-refractivity contribution in [3.8, 4) is 5.75 Å². The Morgan fingerprint density at radius 3 is 2.89 bits per heavy atom. The maximum atomic E-state index is 12.0. The van der Waals surface area contributed by atoms with E-state index in [1.165, 1.54) is 7.11 Å². The predicted octanol–water partition coefficient (Wildman–Crippen LogP) is 0.396. The number of hydrogen-bond donors (Lipinski definition) is 4. The molecule has 0 fully saturated rings. The molecule has 1 aliphatic heterocycles. The second-order valence-corrected chi connectivity index (χ2v) is 5.95. The molecule has 0 bridgehead atoms. The van der Waals surface area contributed by atoms with Crippen molar-refractivity contribution in [3.63, 3.8) is 0 Å². The van der Waals surface area contributed by atoms with Gasteiger partial charge < -0.3 is 30.7 Å². The number of amides is 1. The zero-order valence-electron chi connectivity index (χ0n) is 15.9. The normalized spacial score (nSPS) is 16.0. The fourth-order valence-electron chi connectivity index (χ4n) is 2.74. The number of ether oxygens (including phenoxy) is 2. The van der Waals surface area contributed by atoms with E-state index in [2.05, 4.69) is 31.0 Å². The summed E-state index contributed by atoms with van der Waals surface area (Å²) in [5.74, 6) is 0.936. The van der Waals surface area contributed by atoms with Crippen LogP contribution in [-0.4, -0.2) is 58.7 Å². The monoisotopic (exact) mass is 377 g/mol. The average Bonchev–Trinajstić information content (AvgIpc) is 2.70. The third kappa shape index (κ3) is 6.14. The summed E-state index contributed by atoms with van der Waals surface area (Å²) in [4.78, 5) is 27.1. The molecule has 1 atom stereocenters. The summed E-state index contributed by atoms with van der Waals surface area (Å²) in [6.07, 6.45) is 0.913. The number of nitrogens with one attached hydrogen (secondary N) is 4. The number of carbonyl (C=O) groups excluding carboxylic acids is 2. The van der Waals surface area contributed by atoms with Crippen molar-refractivity contribution in [1.82, 2.24) is 16.0 Å². The van der Waals surface area contributed by atoms with Crippen LogP contribution in [0.5, 0.6) is 5.75 Å². The van der Waals surface area contributed by atoms with Crippen LogP contribution in [0.4, 0.5) is 5.69 Å². The van der Waals surface area contributed by atoms with E-state index in [-0.39, 0.29) is 37.4 Å². The van der Waals surface area contributed by atoms with Gasteiger partial charge in [-0.2, -0.15) is 0 Å². The van der Waals surface area contributed by atoms with Gasteiger partial charge in [0.1, 0.15) is 5.75 Å². The van der Waals surface area contributed by atoms with E-state index < -0.39 is 0 Å². The first-order valence-corrected chi connectivity index (χ1v) is 8.82. The van der Waals surface area contributed by atoms with E-state index in [4.69, 9.17) is 4.74 Å². The van der Waals surface area contributed by atoms with Gasteiger partial charge in [0.05, 0.1) is 26.7 Å². The zero-order chi connectivity index (χ0) is 19.6. The summed E-state index contributed by atoms with van der Waals surface area (Å²) in [5.41, 5.74) is 1.86. The van der Waals surface area contributed by atoms with Crippen LogP contribution in [0.25, 0.3) is 0 Å². The fraction of sp³-hybridized carbons (Fsp3) is 0.500. The lowest BCUT2D eigenvalue weighted by atomic mass is 10.00. The van der Waals surface area contributed by atoms with Gasteiger partial charge in [-0.05, 0) is 18.2 Å². The van der Waals surface area contributed by atoms with Crippen molar-refractivity contribution in [2.24, 2.45) is 4.99 Å². The standard InChI is InChI=1S/C18H27N5O4/c1-19-18(20-2)23-12-4-5-15-13(10-12)14(7-9-27-15)22-11-16(24)21-8-6-17(25)26-3/h4-5,10,14,22H,6-9,11H2,1-3H3,(H,21,24)(H2,19,20,23). The number of rotatable bonds is 7. The highest BCUT2D eigenvalue weighted by Crippen LogP contribution is 2.34. The maximum absolute atomic E-state index is 12.0. The number of nitrogens with zero attached hydrogens (tertiary/aromatic N) is 1. The Labute approximate surface area is 158 Å². The first kappa shape index (κ1) is 20.5. The molecule has 0 radical (unpaired) electrons. The molecule has 1 aromatic rings. The third-order valence-corrected chi connectivity index (χ3v) is 4.16. The summed E-state index contributed by atoms with van der Waals surface area (Å²) < 4.78 is 10.3. The van der Waals surface area contributed by atoms with Crippen LogP contribution in [0.1, 0.15) is 24.4 Å². The van der Waals surface area contributed by atoms with Gasteiger partial charge in [-0.25, -0.2) is 0 Å². The minimum absolute atomic E-state index is 0.00143. The van der Waals surface area contributed by atoms with Gasteiger partial charge >= 0.3 is 5.97 Å². The summed E-state index contributed by atoms with van der Waals surface area (Å²) in [7, 11) is 4.81. The lowest BCUT2D eigenvalue weighted by molar-refractivity contribution is -0.140. The Morgan fingerprint density at radius 2 is 2.19 bits per heavy atom. The molecule has 0 aliphatic carbocycles. The zero-order valence-corrected chi connectivity index (χ0v) is 15.9. The minimum Gasteiger partial charge on any atom is -0.493 e. The highest BCUT2D eigenvalue weighted by Gasteiger charge is 2.22. The highest BCUT2D eigenvalue weighted by molar-refractivity contribution is 5.93. The van der Waals surface area contributed by atoms with E-state index in [0.29, 0.717) is 12.6 Å². The Hall–Kier alpha value is -2.81. The first-order chi connectivity index (χ1) is 13.1. The molecule has 0 saturated carbocycles. The minimum atomic E-state index is -0.349. The molecule has 1 aliphatic rings. The number of esters is 1. The van der Waals surface area contributed by atoms with E-state index in [0.717, 1.165) is 23.4 Å². The van der Waals surface area contributed by atoms with Gasteiger partial charge in [0.2, 0.25) is 5.91 Å². The van der Waals surface area contributed by atoms with Crippen molar-refractivity contribution in [2.75, 3.05) is 46.2 Å². The molecule has 4 N–H and O–H groups in total. The van der Waals surface area contributed by atoms with Crippen molar-refractivity contribution in [1.29, 1.82) is 0 Å². The van der Waals surface area contributed by atoms with E-state index in [9.17, 15) is 9.59 Å². The SMILES string of the molecule is C/N=C(\NC)Nc1ccc2c(c1)C(NCC(=O)NCCC(=O)OC)CCO2. The lowest BCUT2D eigenvalue weighted by Gasteiger charge is -2.27. The van der Waals surface area contributed by atoms with Crippen LogP contribution >= 0.6 is 0 Å². The number of hydrogen-bond acceptors (Lipinski definition) is 6. The molecule has 2 rings (SSSR count). The second-order valence-electron chi connectivity index (χ2n) is 5.95. The van der Waals surface area contributed by atoms with Crippen molar-refractivity contribution < 1.29 is 19.1 Å². The molecule has 148 valence electrons. The van der Waals surface area contributed by atoms with Gasteiger partial charge in [-0.15, -0.1) is 0 Å². The molecule has 9 heteroatoms. The number of anilines is 1. The van der Waals surface area contributed by atoms with Gasteiger partial charge in [0, 0.05) is 44.4 Å². The quantitative estimate of drug-likeness (QED) is 0.309. The van der Waals surface area contributed by atoms with Crippen molar-refractivity contribution in [2.45, 2.75) is 18.9 Å². The lowest BCUT2D eigenvalue weighted by Crippen LogP contribution is -2.38. The third-order valence-electron chi connectivity index (χ3n) is 4.16. The Morgan fingerprint density at radius 1 is 1.37 bits per heavy atom. The first-order valence-electron chi connectivity index (χ1n) is 8.82. The smallest absolute Gasteiger partial charge is 0.307 e. The van der Waals surface area contributed by atoms with Crippen molar-refractivity contribution in [3.05, 3.63) is 23.8 Å². The number of guanidine groups is 1. The molecular weight excluding hydrogens is 350 g/mol. The van der Waals surface area contributed by atoms with Gasteiger partial charge in [-0.3, -0.25) is 14.6 Å². The predicted molar refractivity (Wildman–Crippen MR) is 103 cm³/mol. The number of aliphatic imine (C=N–C) groups is 1. The van der Waals surface area contributed by atoms with Crippen LogP contribution in [0.2, 0.25) is 0 Å². The fourth-order valence-corrected chi connectivity index (χ4v) is 2.74. The van der Waals surface area contributed by atoms with Crippen LogP contribution in [0, 0.1) is 0 Å². The van der Waals surface area contributed by atoms with Gasteiger partial charge in [0.25, 0.3) is 0 Å². The highest BCUT2D eigenvalue weighted by atomic mass is 16.5. The topological polar surface area (TPSA) is 113 Å². The van der Waals surface area contributed by atoms with Crippen molar-refractivity contribution >= 4 is 23.5 Å². The number of carbonyl (C=O) groups is 2.